The number of aryl methyl sites for hydroxylation is 1. The van der Waals surface area contributed by atoms with Gasteiger partial charge >= 0.3 is 0 Å². The lowest BCUT2D eigenvalue weighted by atomic mass is 10.0. The van der Waals surface area contributed by atoms with Gasteiger partial charge in [-0.3, -0.25) is 14.5 Å². The minimum atomic E-state index is -1.29. The summed E-state index contributed by atoms with van der Waals surface area (Å²) < 4.78 is 22.8. The summed E-state index contributed by atoms with van der Waals surface area (Å²) in [6.45, 7) is 6.11. The maximum Gasteiger partial charge on any atom is 0.248 e. The van der Waals surface area contributed by atoms with Crippen LogP contribution in [0.4, 0.5) is 0 Å². The predicted octanol–water partition coefficient (Wildman–Crippen LogP) is 3.28. The molecule has 2 amide bonds. The lowest BCUT2D eigenvalue weighted by Crippen LogP contribution is -2.52. The first-order valence-corrected chi connectivity index (χ1v) is 15.3. The minimum absolute atomic E-state index is 0.0398. The maximum atomic E-state index is 12.7. The van der Waals surface area contributed by atoms with Crippen LogP contribution in [0.5, 0.6) is 17.2 Å². The molecule has 0 unspecified atom stereocenters. The number of amides is 2. The molecule has 0 aliphatic carbocycles. The van der Waals surface area contributed by atoms with Gasteiger partial charge < -0.3 is 33.9 Å². The van der Waals surface area contributed by atoms with Gasteiger partial charge in [-0.05, 0) is 56.0 Å². The van der Waals surface area contributed by atoms with E-state index in [9.17, 15) is 14.7 Å². The standard InChI is InChI=1S/C33H47N3O7/c1-26-9-12-28(13-10-26)43-25-33(39)23-34(17-18-36(24-33)32(38)22-40-2)21-27-11-14-29(30(20-27)41-3)42-19-7-16-35-15-6-4-5-8-31(35)37/h9-14,20,39H,4-8,15-19,21-25H2,1-3H3/t33-/m0/s1. The number of ether oxygens (including phenoxy) is 4. The smallest absolute Gasteiger partial charge is 0.248 e. The lowest BCUT2D eigenvalue weighted by Gasteiger charge is -2.33. The molecule has 2 aliphatic heterocycles. The first-order valence-electron chi connectivity index (χ1n) is 15.3. The minimum Gasteiger partial charge on any atom is -0.493 e. The molecule has 1 N–H and O–H groups in total. The van der Waals surface area contributed by atoms with Gasteiger partial charge in [-0.1, -0.05) is 30.2 Å². The van der Waals surface area contributed by atoms with Gasteiger partial charge in [0.15, 0.2) is 11.5 Å². The van der Waals surface area contributed by atoms with Crippen LogP contribution >= 0.6 is 0 Å². The number of carbonyl (C=O) groups is 2. The van der Waals surface area contributed by atoms with E-state index in [1.165, 1.54) is 7.11 Å². The predicted molar refractivity (Wildman–Crippen MR) is 164 cm³/mol. The van der Waals surface area contributed by atoms with Gasteiger partial charge in [0.05, 0.1) is 20.3 Å². The third kappa shape index (κ3) is 9.84. The molecule has 10 nitrogen and oxygen atoms in total. The van der Waals surface area contributed by atoms with Crippen LogP contribution in [0, 0.1) is 6.92 Å². The van der Waals surface area contributed by atoms with Gasteiger partial charge in [0, 0.05) is 52.8 Å². The summed E-state index contributed by atoms with van der Waals surface area (Å²) in [5.74, 6) is 2.04. The van der Waals surface area contributed by atoms with Crippen molar-refractivity contribution in [2.75, 3.05) is 73.3 Å². The lowest BCUT2D eigenvalue weighted by molar-refractivity contribution is -0.138. The van der Waals surface area contributed by atoms with Crippen molar-refractivity contribution in [3.63, 3.8) is 0 Å². The zero-order chi connectivity index (χ0) is 30.7. The number of hydrogen-bond acceptors (Lipinski definition) is 8. The second-order valence-electron chi connectivity index (χ2n) is 11.7. The average molecular weight is 598 g/mol. The van der Waals surface area contributed by atoms with Crippen molar-refractivity contribution in [2.24, 2.45) is 0 Å². The highest BCUT2D eigenvalue weighted by atomic mass is 16.5. The van der Waals surface area contributed by atoms with Gasteiger partial charge in [0.25, 0.3) is 0 Å². The number of carbonyl (C=O) groups excluding carboxylic acids is 2. The third-order valence-electron chi connectivity index (χ3n) is 7.97. The molecule has 2 fully saturated rings. The molecule has 10 heteroatoms. The molecule has 0 aromatic heterocycles. The van der Waals surface area contributed by atoms with Crippen molar-refractivity contribution in [1.29, 1.82) is 0 Å². The van der Waals surface area contributed by atoms with E-state index >= 15 is 0 Å². The summed E-state index contributed by atoms with van der Waals surface area (Å²) >= 11 is 0. The van der Waals surface area contributed by atoms with E-state index in [0.717, 1.165) is 43.4 Å². The van der Waals surface area contributed by atoms with E-state index in [1.54, 1.807) is 12.0 Å². The molecule has 236 valence electrons. The largest absolute Gasteiger partial charge is 0.493 e. The molecule has 2 aliphatic rings. The van der Waals surface area contributed by atoms with Crippen LogP contribution in [0.2, 0.25) is 0 Å². The van der Waals surface area contributed by atoms with E-state index < -0.39 is 5.60 Å². The highest BCUT2D eigenvalue weighted by Gasteiger charge is 2.37. The molecular weight excluding hydrogens is 550 g/mol. The SMILES string of the molecule is COCC(=O)N1CCN(Cc2ccc(OCCCN3CCCCCC3=O)c(OC)c2)C[C@@](O)(COc2ccc(C)cc2)C1. The second-order valence-corrected chi connectivity index (χ2v) is 11.7. The molecule has 0 spiro atoms. The van der Waals surface area contributed by atoms with E-state index in [-0.39, 0.29) is 31.6 Å². The van der Waals surface area contributed by atoms with Crippen LogP contribution in [0.25, 0.3) is 0 Å². The number of likely N-dealkylation sites (tertiary alicyclic amines) is 1. The molecule has 2 aromatic rings. The van der Waals surface area contributed by atoms with Crippen LogP contribution < -0.4 is 14.2 Å². The van der Waals surface area contributed by atoms with Gasteiger partial charge in [-0.15, -0.1) is 0 Å². The first-order chi connectivity index (χ1) is 20.8. The zero-order valence-corrected chi connectivity index (χ0v) is 25.9. The van der Waals surface area contributed by atoms with E-state index in [4.69, 9.17) is 18.9 Å². The van der Waals surface area contributed by atoms with E-state index in [1.807, 2.05) is 54.3 Å². The quantitative estimate of drug-likeness (QED) is 0.351. The number of β-amino-alcohol motifs (C(OH)–C–C–N with tert-alkyl or cyclic N) is 1. The number of methoxy groups -OCH3 is 2. The van der Waals surface area contributed by atoms with Gasteiger partial charge in [-0.25, -0.2) is 0 Å². The molecule has 2 aromatic carbocycles. The molecule has 0 bridgehead atoms. The van der Waals surface area contributed by atoms with E-state index in [0.29, 0.717) is 63.0 Å². The molecule has 4 rings (SSSR count). The normalized spacial score (nSPS) is 20.0. The van der Waals surface area contributed by atoms with Gasteiger partial charge in [-0.2, -0.15) is 0 Å². The molecular formula is C33H47N3O7. The third-order valence-corrected chi connectivity index (χ3v) is 7.97. The zero-order valence-electron chi connectivity index (χ0n) is 25.9. The van der Waals surface area contributed by atoms with Crippen LogP contribution in [0.3, 0.4) is 0 Å². The molecule has 1 atom stereocenters. The van der Waals surface area contributed by atoms with Crippen molar-refractivity contribution in [3.8, 4) is 17.2 Å². The summed E-state index contributed by atoms with van der Waals surface area (Å²) in [6, 6.07) is 13.5. The number of hydrogen-bond donors (Lipinski definition) is 1. The van der Waals surface area contributed by atoms with Gasteiger partial charge in [0.1, 0.15) is 24.6 Å². The summed E-state index contributed by atoms with van der Waals surface area (Å²) in [5.41, 5.74) is 0.837. The number of rotatable bonds is 13. The molecule has 0 radical (unpaired) electrons. The van der Waals surface area contributed by atoms with Crippen LogP contribution in [0.1, 0.15) is 43.2 Å². The van der Waals surface area contributed by atoms with E-state index in [2.05, 4.69) is 4.90 Å². The fraction of sp³-hybridized carbons (Fsp3) is 0.576. The molecule has 2 saturated heterocycles. The van der Waals surface area contributed by atoms with Crippen molar-refractivity contribution >= 4 is 11.8 Å². The topological polar surface area (TPSA) is 101 Å². The summed E-state index contributed by atoms with van der Waals surface area (Å²) in [4.78, 5) is 30.7. The van der Waals surface area contributed by atoms with Crippen LogP contribution in [-0.2, 0) is 20.9 Å². The summed E-state index contributed by atoms with van der Waals surface area (Å²) in [5, 5.41) is 11.7. The maximum absolute atomic E-state index is 12.7. The first kappa shape index (κ1) is 32.6. The Balaban J connectivity index is 1.38. The highest BCUT2D eigenvalue weighted by molar-refractivity contribution is 5.77. The number of nitrogens with zero attached hydrogens (tertiary/aromatic N) is 3. The Labute approximate surface area is 255 Å². The van der Waals surface area contributed by atoms with Crippen molar-refractivity contribution in [2.45, 2.75) is 51.2 Å². The second kappa shape index (κ2) is 15.9. The highest BCUT2D eigenvalue weighted by Crippen LogP contribution is 2.29. The molecule has 43 heavy (non-hydrogen) atoms. The fourth-order valence-electron chi connectivity index (χ4n) is 5.65. The van der Waals surface area contributed by atoms with Crippen molar-refractivity contribution < 1.29 is 33.6 Å². The summed E-state index contributed by atoms with van der Waals surface area (Å²) in [6.07, 6.45) is 4.57. The molecule has 2 heterocycles. The fourth-order valence-corrected chi connectivity index (χ4v) is 5.65. The number of aliphatic hydroxyl groups is 1. The average Bonchev–Trinajstić information content (AvgIpc) is 3.31. The molecule has 0 saturated carbocycles. The van der Waals surface area contributed by atoms with Crippen LogP contribution in [-0.4, -0.2) is 111 Å². The van der Waals surface area contributed by atoms with Gasteiger partial charge in [0.2, 0.25) is 11.8 Å². The Kier molecular flexibility index (Phi) is 12.1. The Morgan fingerprint density at radius 2 is 1.77 bits per heavy atom. The van der Waals surface area contributed by atoms with Crippen molar-refractivity contribution in [1.82, 2.24) is 14.7 Å². The Bertz CT molecular complexity index is 1190. The summed E-state index contributed by atoms with van der Waals surface area (Å²) in [7, 11) is 3.11. The van der Waals surface area contributed by atoms with Crippen molar-refractivity contribution in [3.05, 3.63) is 53.6 Å². The Hall–Kier alpha value is -3.34. The Morgan fingerprint density at radius 3 is 2.53 bits per heavy atom. The number of benzene rings is 2. The van der Waals surface area contributed by atoms with Crippen LogP contribution in [0.15, 0.2) is 42.5 Å². The monoisotopic (exact) mass is 597 g/mol. The Morgan fingerprint density at radius 1 is 0.953 bits per heavy atom.